The van der Waals surface area contributed by atoms with Crippen molar-refractivity contribution in [3.05, 3.63) is 42.3 Å². The first-order chi connectivity index (χ1) is 15.8. The van der Waals surface area contributed by atoms with E-state index in [0.717, 1.165) is 25.7 Å². The van der Waals surface area contributed by atoms with Gasteiger partial charge in [-0.2, -0.15) is 12.6 Å². The van der Waals surface area contributed by atoms with Crippen molar-refractivity contribution >= 4 is 30.4 Å². The van der Waals surface area contributed by atoms with E-state index >= 15 is 0 Å². The second kappa shape index (κ2) is 11.4. The van der Waals surface area contributed by atoms with Gasteiger partial charge in [0.15, 0.2) is 5.76 Å². The van der Waals surface area contributed by atoms with E-state index in [9.17, 15) is 19.5 Å². The van der Waals surface area contributed by atoms with Crippen molar-refractivity contribution < 1.29 is 23.9 Å². The molecule has 1 unspecified atom stereocenters. The first kappa shape index (κ1) is 24.8. The minimum absolute atomic E-state index is 0.0717. The van der Waals surface area contributed by atoms with Gasteiger partial charge in [-0.3, -0.25) is 14.6 Å². The molecule has 0 radical (unpaired) electrons. The van der Waals surface area contributed by atoms with Gasteiger partial charge in [-0.15, -0.1) is 0 Å². The fourth-order valence-corrected chi connectivity index (χ4v) is 4.33. The summed E-state index contributed by atoms with van der Waals surface area (Å²) in [5.74, 6) is -1.27. The van der Waals surface area contributed by atoms with Crippen LogP contribution in [0.15, 0.2) is 41.1 Å². The smallest absolute Gasteiger partial charge is 0.326 e. The third kappa shape index (κ3) is 6.37. The van der Waals surface area contributed by atoms with Crippen LogP contribution in [0.4, 0.5) is 0 Å². The molecule has 2 amide bonds. The van der Waals surface area contributed by atoms with Gasteiger partial charge < -0.3 is 20.2 Å². The van der Waals surface area contributed by atoms with Gasteiger partial charge in [-0.05, 0) is 43.0 Å². The standard InChI is InChI=1S/C24H31N3O5S/c1-2-3-8-20(33)21(28)27-24(11-4-5-12-24)23(31)26-18(22(29)30)14-16-9-10-17(25-15-16)19-7-6-13-32-19/h6-7,9-10,13,15,18,20,33H,2-5,8,11-12,14H2,1H3,(H,26,31)(H,27,28)(H,29,30)/t18?,20-/m1/s1. The normalized spacial score (nSPS) is 16.7. The molecule has 0 aliphatic heterocycles. The minimum Gasteiger partial charge on any atom is -0.480 e. The van der Waals surface area contributed by atoms with Crippen LogP contribution in [-0.4, -0.2) is 44.7 Å². The molecule has 0 aromatic carbocycles. The number of unbranched alkanes of at least 4 members (excludes halogenated alkanes) is 1. The molecule has 2 atom stereocenters. The summed E-state index contributed by atoms with van der Waals surface area (Å²) in [5, 5.41) is 14.8. The summed E-state index contributed by atoms with van der Waals surface area (Å²) in [6.45, 7) is 2.04. The quantitative estimate of drug-likeness (QED) is 0.371. The molecular formula is C24H31N3O5S. The number of amides is 2. The summed E-state index contributed by atoms with van der Waals surface area (Å²) >= 11 is 4.38. The molecular weight excluding hydrogens is 442 g/mol. The van der Waals surface area contributed by atoms with Gasteiger partial charge >= 0.3 is 5.97 Å². The summed E-state index contributed by atoms with van der Waals surface area (Å²) in [7, 11) is 0. The highest BCUT2D eigenvalue weighted by Gasteiger charge is 2.44. The number of carboxylic acid groups (broad SMARTS) is 1. The molecule has 1 aliphatic carbocycles. The maximum Gasteiger partial charge on any atom is 0.326 e. The summed E-state index contributed by atoms with van der Waals surface area (Å²) in [6.07, 6.45) is 8.18. The Morgan fingerprint density at radius 2 is 2.00 bits per heavy atom. The van der Waals surface area contributed by atoms with Crippen LogP contribution in [0.5, 0.6) is 0 Å². The number of hydrogen-bond acceptors (Lipinski definition) is 6. The Morgan fingerprint density at radius 1 is 1.24 bits per heavy atom. The zero-order valence-corrected chi connectivity index (χ0v) is 19.6. The van der Waals surface area contributed by atoms with Crippen molar-refractivity contribution in [1.29, 1.82) is 0 Å². The molecule has 2 aromatic heterocycles. The molecule has 0 saturated heterocycles. The molecule has 9 heteroatoms. The van der Waals surface area contributed by atoms with Gasteiger partial charge in [-0.1, -0.05) is 38.7 Å². The number of carboxylic acids is 1. The fraction of sp³-hybridized carbons (Fsp3) is 0.500. The molecule has 33 heavy (non-hydrogen) atoms. The van der Waals surface area contributed by atoms with Gasteiger partial charge in [0.05, 0.1) is 11.5 Å². The summed E-state index contributed by atoms with van der Waals surface area (Å²) in [5.41, 5.74) is 0.202. The predicted octanol–water partition coefficient (Wildman–Crippen LogP) is 3.37. The summed E-state index contributed by atoms with van der Waals surface area (Å²) in [4.78, 5) is 42.1. The van der Waals surface area contributed by atoms with E-state index in [-0.39, 0.29) is 12.3 Å². The molecule has 1 fully saturated rings. The molecule has 1 saturated carbocycles. The summed E-state index contributed by atoms with van der Waals surface area (Å²) in [6, 6.07) is 5.92. The van der Waals surface area contributed by atoms with Crippen molar-refractivity contribution in [2.24, 2.45) is 0 Å². The number of carbonyl (C=O) groups is 3. The third-order valence-electron chi connectivity index (χ3n) is 6.03. The van der Waals surface area contributed by atoms with Crippen LogP contribution in [0.1, 0.15) is 57.4 Å². The van der Waals surface area contributed by atoms with Crippen LogP contribution in [0.25, 0.3) is 11.5 Å². The van der Waals surface area contributed by atoms with Gasteiger partial charge in [-0.25, -0.2) is 4.79 Å². The van der Waals surface area contributed by atoms with Crippen LogP contribution in [0, 0.1) is 0 Å². The van der Waals surface area contributed by atoms with Gasteiger partial charge in [0.2, 0.25) is 11.8 Å². The number of nitrogens with one attached hydrogen (secondary N) is 2. The molecule has 0 spiro atoms. The van der Waals surface area contributed by atoms with Crippen LogP contribution < -0.4 is 10.6 Å². The van der Waals surface area contributed by atoms with Gasteiger partial charge in [0.25, 0.3) is 0 Å². The third-order valence-corrected chi connectivity index (χ3v) is 6.52. The van der Waals surface area contributed by atoms with Crippen molar-refractivity contribution in [2.45, 2.75) is 75.1 Å². The van der Waals surface area contributed by atoms with Crippen molar-refractivity contribution in [3.8, 4) is 11.5 Å². The lowest BCUT2D eigenvalue weighted by Crippen LogP contribution is -2.61. The van der Waals surface area contributed by atoms with Crippen LogP contribution in [0.3, 0.4) is 0 Å². The van der Waals surface area contributed by atoms with Crippen molar-refractivity contribution in [2.75, 3.05) is 0 Å². The van der Waals surface area contributed by atoms with Gasteiger partial charge in [0.1, 0.15) is 17.3 Å². The van der Waals surface area contributed by atoms with Crippen molar-refractivity contribution in [3.63, 3.8) is 0 Å². The van der Waals surface area contributed by atoms with E-state index in [1.807, 2.05) is 6.92 Å². The molecule has 178 valence electrons. The number of pyridine rings is 1. The highest BCUT2D eigenvalue weighted by atomic mass is 32.1. The van der Waals surface area contributed by atoms with Crippen molar-refractivity contribution in [1.82, 2.24) is 15.6 Å². The predicted molar refractivity (Wildman–Crippen MR) is 127 cm³/mol. The average Bonchev–Trinajstić information content (AvgIpc) is 3.50. The Bertz CT molecular complexity index is 940. The number of nitrogens with zero attached hydrogens (tertiary/aromatic N) is 1. The van der Waals surface area contributed by atoms with E-state index in [1.165, 1.54) is 0 Å². The Labute approximate surface area is 199 Å². The topological polar surface area (TPSA) is 122 Å². The fourth-order valence-electron chi connectivity index (χ4n) is 4.08. The lowest BCUT2D eigenvalue weighted by atomic mass is 9.94. The number of thiol groups is 1. The van der Waals surface area contributed by atoms with Crippen LogP contribution >= 0.6 is 12.6 Å². The van der Waals surface area contributed by atoms with Gasteiger partial charge in [0, 0.05) is 12.6 Å². The lowest BCUT2D eigenvalue weighted by molar-refractivity contribution is -0.143. The Hall–Kier alpha value is -2.81. The number of hydrogen-bond donors (Lipinski definition) is 4. The molecule has 8 nitrogen and oxygen atoms in total. The van der Waals surface area contributed by atoms with E-state index in [4.69, 9.17) is 4.42 Å². The second-order valence-corrected chi connectivity index (χ2v) is 9.16. The Kier molecular flexibility index (Phi) is 8.55. The van der Waals surface area contributed by atoms with E-state index in [2.05, 4.69) is 28.2 Å². The second-order valence-electron chi connectivity index (χ2n) is 8.53. The molecule has 1 aliphatic rings. The zero-order valence-electron chi connectivity index (χ0n) is 18.8. The monoisotopic (exact) mass is 473 g/mol. The Morgan fingerprint density at radius 3 is 2.58 bits per heavy atom. The van der Waals surface area contributed by atoms with E-state index in [0.29, 0.717) is 36.3 Å². The SMILES string of the molecule is CCCC[C@@H](S)C(=O)NC1(C(=O)NC(Cc2ccc(-c3ccco3)nc2)C(=O)O)CCCC1. The molecule has 2 heterocycles. The van der Waals surface area contributed by atoms with E-state index in [1.54, 1.807) is 36.7 Å². The maximum atomic E-state index is 13.2. The van der Waals surface area contributed by atoms with E-state index < -0.39 is 28.7 Å². The maximum absolute atomic E-state index is 13.2. The first-order valence-corrected chi connectivity index (χ1v) is 11.9. The molecule has 3 rings (SSSR count). The summed E-state index contributed by atoms with van der Waals surface area (Å²) < 4.78 is 5.32. The van der Waals surface area contributed by atoms with Crippen LogP contribution in [0.2, 0.25) is 0 Å². The average molecular weight is 474 g/mol. The molecule has 3 N–H and O–H groups in total. The zero-order chi connectivity index (χ0) is 23.8. The highest BCUT2D eigenvalue weighted by Crippen LogP contribution is 2.31. The number of aliphatic carboxylic acids is 1. The number of carbonyl (C=O) groups excluding carboxylic acids is 2. The molecule has 0 bridgehead atoms. The lowest BCUT2D eigenvalue weighted by Gasteiger charge is -2.31. The number of furan rings is 1. The largest absolute Gasteiger partial charge is 0.480 e. The van der Waals surface area contributed by atoms with Crippen LogP contribution in [-0.2, 0) is 20.8 Å². The Balaban J connectivity index is 1.67. The minimum atomic E-state index is -1.15. The molecule has 2 aromatic rings. The number of aromatic nitrogens is 1. The first-order valence-electron chi connectivity index (χ1n) is 11.4. The highest BCUT2D eigenvalue weighted by molar-refractivity contribution is 7.81. The number of rotatable bonds is 11.